The zero-order valence-electron chi connectivity index (χ0n) is 9.59. The standard InChI is InChI=1S/C11H15NO5/c1-3-7-4-9(13)12(6-7)8(5-10(14)15)11(16)17-2/h3,7-8H,1,4-6H2,2H3,(H,14,15)/t7?,8-/m1/s1. The molecule has 0 aromatic carbocycles. The molecule has 1 rings (SSSR count). The van der Waals surface area contributed by atoms with Crippen LogP contribution >= 0.6 is 0 Å². The van der Waals surface area contributed by atoms with E-state index in [0.717, 1.165) is 0 Å². The lowest BCUT2D eigenvalue weighted by Gasteiger charge is -2.24. The largest absolute Gasteiger partial charge is 0.481 e. The van der Waals surface area contributed by atoms with Crippen molar-refractivity contribution in [1.29, 1.82) is 0 Å². The second-order valence-corrected chi connectivity index (χ2v) is 3.88. The number of carbonyl (C=O) groups is 3. The number of amides is 1. The summed E-state index contributed by atoms with van der Waals surface area (Å²) in [5, 5.41) is 8.73. The molecule has 6 nitrogen and oxygen atoms in total. The number of nitrogens with zero attached hydrogens (tertiary/aromatic N) is 1. The molecule has 1 saturated heterocycles. The number of hydrogen-bond donors (Lipinski definition) is 1. The van der Waals surface area contributed by atoms with E-state index < -0.39 is 24.4 Å². The fraction of sp³-hybridized carbons (Fsp3) is 0.545. The minimum Gasteiger partial charge on any atom is -0.481 e. The molecule has 1 aliphatic rings. The number of ether oxygens (including phenoxy) is 1. The number of likely N-dealkylation sites (tertiary alicyclic amines) is 1. The first-order chi connectivity index (χ1) is 7.99. The third kappa shape index (κ3) is 3.05. The lowest BCUT2D eigenvalue weighted by molar-refractivity contribution is -0.155. The monoisotopic (exact) mass is 241 g/mol. The Hall–Kier alpha value is -1.85. The third-order valence-corrected chi connectivity index (χ3v) is 2.74. The highest BCUT2D eigenvalue weighted by Gasteiger charge is 2.38. The minimum absolute atomic E-state index is 0.0385. The fourth-order valence-corrected chi connectivity index (χ4v) is 1.84. The summed E-state index contributed by atoms with van der Waals surface area (Å²) in [5.41, 5.74) is 0. The SMILES string of the molecule is C=CC1CC(=O)N([C@H](CC(=O)O)C(=O)OC)C1. The van der Waals surface area contributed by atoms with Crippen LogP contribution in [-0.2, 0) is 19.1 Å². The Kier molecular flexibility index (Phi) is 4.25. The van der Waals surface area contributed by atoms with Crippen LogP contribution in [0.4, 0.5) is 0 Å². The number of carboxylic acid groups (broad SMARTS) is 1. The molecule has 94 valence electrons. The van der Waals surface area contributed by atoms with Crippen molar-refractivity contribution in [2.75, 3.05) is 13.7 Å². The highest BCUT2D eigenvalue weighted by atomic mass is 16.5. The van der Waals surface area contributed by atoms with E-state index >= 15 is 0 Å². The molecule has 0 aromatic rings. The van der Waals surface area contributed by atoms with Gasteiger partial charge < -0.3 is 14.7 Å². The summed E-state index contributed by atoms with van der Waals surface area (Å²) in [6.07, 6.45) is 1.45. The quantitative estimate of drug-likeness (QED) is 0.542. The Balaban J connectivity index is 2.83. The molecular weight excluding hydrogens is 226 g/mol. The zero-order valence-corrected chi connectivity index (χ0v) is 9.59. The molecule has 0 aliphatic carbocycles. The van der Waals surface area contributed by atoms with Gasteiger partial charge in [0, 0.05) is 18.9 Å². The van der Waals surface area contributed by atoms with Crippen molar-refractivity contribution in [1.82, 2.24) is 4.90 Å². The molecule has 0 bridgehead atoms. The van der Waals surface area contributed by atoms with Gasteiger partial charge in [-0.15, -0.1) is 6.58 Å². The molecule has 0 radical (unpaired) electrons. The molecule has 2 atom stereocenters. The van der Waals surface area contributed by atoms with E-state index in [1.807, 2.05) is 0 Å². The van der Waals surface area contributed by atoms with Crippen LogP contribution in [0.5, 0.6) is 0 Å². The molecule has 17 heavy (non-hydrogen) atoms. The van der Waals surface area contributed by atoms with Gasteiger partial charge in [-0.05, 0) is 0 Å². The number of carbonyl (C=O) groups excluding carboxylic acids is 2. The van der Waals surface area contributed by atoms with Crippen molar-refractivity contribution in [2.45, 2.75) is 18.9 Å². The van der Waals surface area contributed by atoms with Crippen LogP contribution in [0.2, 0.25) is 0 Å². The highest BCUT2D eigenvalue weighted by Crippen LogP contribution is 2.22. The van der Waals surface area contributed by atoms with E-state index in [9.17, 15) is 14.4 Å². The Labute approximate surface area is 98.8 Å². The number of hydrogen-bond acceptors (Lipinski definition) is 4. The minimum atomic E-state index is -1.14. The van der Waals surface area contributed by atoms with E-state index in [-0.39, 0.29) is 18.2 Å². The van der Waals surface area contributed by atoms with Gasteiger partial charge in [0.05, 0.1) is 13.5 Å². The number of aliphatic carboxylic acids is 1. The molecule has 1 heterocycles. The Morgan fingerprint density at radius 2 is 2.35 bits per heavy atom. The number of carboxylic acids is 1. The molecule has 0 aromatic heterocycles. The molecule has 0 spiro atoms. The van der Waals surface area contributed by atoms with Crippen LogP contribution in [-0.4, -0.2) is 47.5 Å². The van der Waals surface area contributed by atoms with Crippen LogP contribution in [0, 0.1) is 5.92 Å². The van der Waals surface area contributed by atoms with Gasteiger partial charge in [-0.25, -0.2) is 4.79 Å². The van der Waals surface area contributed by atoms with Crippen molar-refractivity contribution < 1.29 is 24.2 Å². The van der Waals surface area contributed by atoms with Crippen LogP contribution in [0.3, 0.4) is 0 Å². The van der Waals surface area contributed by atoms with Crippen molar-refractivity contribution in [2.24, 2.45) is 5.92 Å². The maximum Gasteiger partial charge on any atom is 0.329 e. The molecule has 1 fully saturated rings. The summed E-state index contributed by atoms with van der Waals surface area (Å²) >= 11 is 0. The second-order valence-electron chi connectivity index (χ2n) is 3.88. The van der Waals surface area contributed by atoms with Crippen molar-refractivity contribution in [3.8, 4) is 0 Å². The van der Waals surface area contributed by atoms with Gasteiger partial charge in [0.25, 0.3) is 0 Å². The normalized spacial score (nSPS) is 21.1. The maximum absolute atomic E-state index is 11.7. The zero-order chi connectivity index (χ0) is 13.0. The Morgan fingerprint density at radius 3 is 2.76 bits per heavy atom. The average molecular weight is 241 g/mol. The van der Waals surface area contributed by atoms with Crippen LogP contribution in [0.25, 0.3) is 0 Å². The summed E-state index contributed by atoms with van der Waals surface area (Å²) < 4.78 is 4.52. The van der Waals surface area contributed by atoms with E-state index in [4.69, 9.17) is 5.11 Å². The lowest BCUT2D eigenvalue weighted by Crippen LogP contribution is -2.44. The van der Waals surface area contributed by atoms with Crippen LogP contribution in [0.15, 0.2) is 12.7 Å². The van der Waals surface area contributed by atoms with E-state index in [1.165, 1.54) is 12.0 Å². The number of methoxy groups -OCH3 is 1. The summed E-state index contributed by atoms with van der Waals surface area (Å²) in [6.45, 7) is 3.90. The molecular formula is C11H15NO5. The fourth-order valence-electron chi connectivity index (χ4n) is 1.84. The molecule has 1 amide bonds. The lowest BCUT2D eigenvalue weighted by atomic mass is 10.1. The predicted octanol–water partition coefficient (Wildman–Crippen LogP) is 0.0372. The predicted molar refractivity (Wildman–Crippen MR) is 58.1 cm³/mol. The summed E-state index contributed by atoms with van der Waals surface area (Å²) in [7, 11) is 1.17. The van der Waals surface area contributed by atoms with E-state index in [1.54, 1.807) is 6.08 Å². The first-order valence-corrected chi connectivity index (χ1v) is 5.21. The Morgan fingerprint density at radius 1 is 1.71 bits per heavy atom. The molecule has 1 N–H and O–H groups in total. The van der Waals surface area contributed by atoms with Crippen LogP contribution < -0.4 is 0 Å². The molecule has 1 aliphatic heterocycles. The number of rotatable bonds is 5. The van der Waals surface area contributed by atoms with Gasteiger partial charge in [-0.3, -0.25) is 9.59 Å². The molecule has 0 saturated carbocycles. The van der Waals surface area contributed by atoms with Crippen molar-refractivity contribution in [3.05, 3.63) is 12.7 Å². The first kappa shape index (κ1) is 13.2. The van der Waals surface area contributed by atoms with E-state index in [2.05, 4.69) is 11.3 Å². The van der Waals surface area contributed by atoms with Crippen molar-refractivity contribution >= 4 is 17.8 Å². The van der Waals surface area contributed by atoms with E-state index in [0.29, 0.717) is 6.54 Å². The summed E-state index contributed by atoms with van der Waals surface area (Å²) in [4.78, 5) is 35.1. The van der Waals surface area contributed by atoms with Gasteiger partial charge >= 0.3 is 11.9 Å². The van der Waals surface area contributed by atoms with Gasteiger partial charge in [0.1, 0.15) is 6.04 Å². The third-order valence-electron chi connectivity index (χ3n) is 2.74. The van der Waals surface area contributed by atoms with Crippen molar-refractivity contribution in [3.63, 3.8) is 0 Å². The maximum atomic E-state index is 11.7. The molecule has 6 heteroatoms. The highest BCUT2D eigenvalue weighted by molar-refractivity contribution is 5.89. The summed E-state index contributed by atoms with van der Waals surface area (Å²) in [5.74, 6) is -2.13. The van der Waals surface area contributed by atoms with Gasteiger partial charge in [0.15, 0.2) is 0 Å². The topological polar surface area (TPSA) is 83.9 Å². The van der Waals surface area contributed by atoms with Crippen LogP contribution in [0.1, 0.15) is 12.8 Å². The Bertz CT molecular complexity index is 352. The average Bonchev–Trinajstić information content (AvgIpc) is 2.66. The second kappa shape index (κ2) is 5.47. The first-order valence-electron chi connectivity index (χ1n) is 5.21. The molecule has 1 unspecified atom stereocenters. The number of esters is 1. The van der Waals surface area contributed by atoms with Gasteiger partial charge in [-0.2, -0.15) is 0 Å². The smallest absolute Gasteiger partial charge is 0.329 e. The van der Waals surface area contributed by atoms with Gasteiger partial charge in [0.2, 0.25) is 5.91 Å². The van der Waals surface area contributed by atoms with Gasteiger partial charge in [-0.1, -0.05) is 6.08 Å². The summed E-state index contributed by atoms with van der Waals surface area (Å²) in [6, 6.07) is -1.05.